The van der Waals surface area contributed by atoms with Gasteiger partial charge in [0.15, 0.2) is 5.79 Å². The van der Waals surface area contributed by atoms with Crippen LogP contribution in [0.2, 0.25) is 0 Å². The van der Waals surface area contributed by atoms with Gasteiger partial charge in [-0.2, -0.15) is 0 Å². The van der Waals surface area contributed by atoms with Crippen molar-refractivity contribution in [3.63, 3.8) is 0 Å². The number of aliphatic hydroxyl groups is 1. The molecule has 6 nitrogen and oxygen atoms in total. The van der Waals surface area contributed by atoms with Crippen molar-refractivity contribution in [1.82, 2.24) is 0 Å². The average molecular weight is 537 g/mol. The van der Waals surface area contributed by atoms with Crippen LogP contribution >= 0.6 is 0 Å². The summed E-state index contributed by atoms with van der Waals surface area (Å²) in [5, 5.41) is 21.3. The molecule has 0 saturated carbocycles. The number of esters is 1. The summed E-state index contributed by atoms with van der Waals surface area (Å²) in [5.74, 6) is -0.810. The van der Waals surface area contributed by atoms with Crippen LogP contribution in [-0.2, 0) is 14.2 Å². The van der Waals surface area contributed by atoms with Gasteiger partial charge in [-0.1, -0.05) is 70.6 Å². The van der Waals surface area contributed by atoms with E-state index < -0.39 is 24.0 Å². The monoisotopic (exact) mass is 536 g/mol. The number of carbonyl (C=O) groups is 1. The van der Waals surface area contributed by atoms with Crippen molar-refractivity contribution in [2.24, 2.45) is 17.8 Å². The highest BCUT2D eigenvalue weighted by Crippen LogP contribution is 2.41. The molecule has 1 aromatic rings. The van der Waals surface area contributed by atoms with Gasteiger partial charge in [-0.25, -0.2) is 4.79 Å². The second-order valence-electron chi connectivity index (χ2n) is 11.7. The number of hydrogen-bond donors (Lipinski definition) is 2. The fourth-order valence-electron chi connectivity index (χ4n) is 5.74. The lowest BCUT2D eigenvalue weighted by molar-refractivity contribution is -0.298. The lowest BCUT2D eigenvalue weighted by Gasteiger charge is -2.47. The van der Waals surface area contributed by atoms with E-state index in [2.05, 4.69) is 26.8 Å². The molecule has 3 aliphatic heterocycles. The Balaban J connectivity index is 1.73. The number of aromatic hydroxyl groups is 1. The molecule has 39 heavy (non-hydrogen) atoms. The van der Waals surface area contributed by atoms with Gasteiger partial charge in [0, 0.05) is 24.7 Å². The highest BCUT2D eigenvalue weighted by atomic mass is 16.7. The van der Waals surface area contributed by atoms with E-state index >= 15 is 0 Å². The molecule has 0 radical (unpaired) electrons. The Bertz CT molecular complexity index is 1160. The number of phenols is 1. The number of ether oxygens (including phenoxy) is 3. The minimum Gasteiger partial charge on any atom is -0.508 e. The van der Waals surface area contributed by atoms with Crippen LogP contribution in [0.4, 0.5) is 0 Å². The van der Waals surface area contributed by atoms with Crippen molar-refractivity contribution in [1.29, 1.82) is 0 Å². The third kappa shape index (κ3) is 6.74. The molecule has 0 aromatic heterocycles. The lowest BCUT2D eigenvalue weighted by Crippen LogP contribution is -2.53. The Hall–Kier alpha value is -2.67. The van der Waals surface area contributed by atoms with Gasteiger partial charge in [0.2, 0.25) is 0 Å². The Labute approximate surface area is 233 Å². The van der Waals surface area contributed by atoms with Gasteiger partial charge in [0.25, 0.3) is 0 Å². The smallest absolute Gasteiger partial charge is 0.339 e. The predicted molar refractivity (Wildman–Crippen MR) is 153 cm³/mol. The standard InChI is InChI=1S/C33H44O6/c1-7-20(2)31-23(5)14-15-33(39-31)19-27-18-26(38-33)13-12-22(4)30(35)21(3)10-8-9-11-25-17-29(34)24(6)16-28(25)32(36)37-27/h8-12,14-17,20-21,23,26-27,30-31,34-35H,7,13,18-19H2,1-6H3/b10-8+,11-9+,22-12+/t20-,21-,23-,26+,27-,30-,31+,33+/m0/s1. The number of carbonyl (C=O) groups excluding carboxylic acids is 1. The molecule has 0 aliphatic carbocycles. The Morgan fingerprint density at radius 1 is 1.08 bits per heavy atom. The van der Waals surface area contributed by atoms with Crippen molar-refractivity contribution in [3.8, 4) is 5.75 Å². The number of fused-ring (bicyclic) bond motifs is 3. The number of benzene rings is 1. The summed E-state index contributed by atoms with van der Waals surface area (Å²) in [5.41, 5.74) is 2.44. The summed E-state index contributed by atoms with van der Waals surface area (Å²) in [6.07, 6.45) is 14.7. The Morgan fingerprint density at radius 2 is 1.85 bits per heavy atom. The molecule has 8 atom stereocenters. The van der Waals surface area contributed by atoms with Crippen LogP contribution in [-0.4, -0.2) is 46.4 Å². The summed E-state index contributed by atoms with van der Waals surface area (Å²) < 4.78 is 19.5. The topological polar surface area (TPSA) is 85.2 Å². The number of allylic oxidation sites excluding steroid dienone is 2. The summed E-state index contributed by atoms with van der Waals surface area (Å²) in [6.45, 7) is 12.2. The maximum Gasteiger partial charge on any atom is 0.339 e. The van der Waals surface area contributed by atoms with E-state index in [-0.39, 0.29) is 29.8 Å². The maximum absolute atomic E-state index is 13.6. The van der Waals surface area contributed by atoms with Crippen molar-refractivity contribution >= 4 is 12.0 Å². The largest absolute Gasteiger partial charge is 0.508 e. The number of aryl methyl sites for hydroxylation is 1. The lowest BCUT2D eigenvalue weighted by atomic mass is 9.86. The maximum atomic E-state index is 13.6. The van der Waals surface area contributed by atoms with Crippen molar-refractivity contribution in [2.75, 3.05) is 0 Å². The minimum absolute atomic E-state index is 0.00353. The zero-order chi connectivity index (χ0) is 28.3. The third-order valence-corrected chi connectivity index (χ3v) is 8.45. The first-order valence-electron chi connectivity index (χ1n) is 14.3. The van der Waals surface area contributed by atoms with Crippen LogP contribution in [0, 0.1) is 24.7 Å². The number of rotatable bonds is 2. The number of hydrogen-bond acceptors (Lipinski definition) is 6. The quantitative estimate of drug-likeness (QED) is 0.325. The first-order chi connectivity index (χ1) is 18.5. The van der Waals surface area contributed by atoms with Gasteiger partial charge in [0.05, 0.1) is 23.9 Å². The van der Waals surface area contributed by atoms with Gasteiger partial charge < -0.3 is 24.4 Å². The fraction of sp³-hybridized carbons (Fsp3) is 0.545. The summed E-state index contributed by atoms with van der Waals surface area (Å²) in [4.78, 5) is 13.6. The molecule has 6 heteroatoms. The minimum atomic E-state index is -0.982. The van der Waals surface area contributed by atoms with Crippen LogP contribution in [0.3, 0.4) is 0 Å². The molecular weight excluding hydrogens is 492 g/mol. The highest BCUT2D eigenvalue weighted by molar-refractivity contribution is 5.94. The molecule has 1 spiro atoms. The van der Waals surface area contributed by atoms with E-state index in [0.29, 0.717) is 41.9 Å². The van der Waals surface area contributed by atoms with Crippen LogP contribution in [0.5, 0.6) is 5.75 Å². The first kappa shape index (κ1) is 29.3. The molecule has 3 heterocycles. The predicted octanol–water partition coefficient (Wildman–Crippen LogP) is 6.65. The summed E-state index contributed by atoms with van der Waals surface area (Å²) >= 11 is 0. The van der Waals surface area contributed by atoms with Crippen LogP contribution < -0.4 is 0 Å². The van der Waals surface area contributed by atoms with Crippen molar-refractivity contribution in [2.45, 2.75) is 97.4 Å². The van der Waals surface area contributed by atoms with Crippen molar-refractivity contribution < 1.29 is 29.2 Å². The highest BCUT2D eigenvalue weighted by Gasteiger charge is 2.47. The van der Waals surface area contributed by atoms with Crippen LogP contribution in [0.15, 0.2) is 54.2 Å². The molecule has 1 aromatic carbocycles. The molecular formula is C33H44O6. The SMILES string of the molecule is CC[C@H](C)[C@H]1O[C@]2(C=C[C@@H]1C)C[C@@H]1C[C@@H](C/C=C(\C)[C@@H](O)[C@@H](C)/C=C/C=C/c3cc(O)c(C)cc3C(=O)O1)O2. The van der Waals surface area contributed by atoms with Gasteiger partial charge in [0.1, 0.15) is 11.9 Å². The second kappa shape index (κ2) is 12.2. The van der Waals surface area contributed by atoms with Gasteiger partial charge >= 0.3 is 5.97 Å². The Morgan fingerprint density at radius 3 is 2.59 bits per heavy atom. The van der Waals surface area contributed by atoms with E-state index in [1.54, 1.807) is 25.1 Å². The van der Waals surface area contributed by atoms with E-state index in [1.165, 1.54) is 0 Å². The summed E-state index contributed by atoms with van der Waals surface area (Å²) in [7, 11) is 0. The van der Waals surface area contributed by atoms with E-state index in [0.717, 1.165) is 12.0 Å². The molecule has 4 rings (SSSR count). The van der Waals surface area contributed by atoms with Gasteiger partial charge in [-0.15, -0.1) is 0 Å². The van der Waals surface area contributed by atoms with Gasteiger partial charge in [-0.05, 0) is 61.1 Å². The molecule has 3 aliphatic rings. The molecule has 2 N–H and O–H groups in total. The number of aliphatic hydroxyl groups excluding tert-OH is 1. The van der Waals surface area contributed by atoms with E-state index in [9.17, 15) is 15.0 Å². The van der Waals surface area contributed by atoms with Gasteiger partial charge in [-0.3, -0.25) is 0 Å². The second-order valence-corrected chi connectivity index (χ2v) is 11.7. The summed E-state index contributed by atoms with van der Waals surface area (Å²) in [6, 6.07) is 3.26. The zero-order valence-electron chi connectivity index (χ0n) is 24.1. The average Bonchev–Trinajstić information content (AvgIpc) is 2.91. The zero-order valence-corrected chi connectivity index (χ0v) is 24.1. The van der Waals surface area contributed by atoms with E-state index in [1.807, 2.05) is 44.2 Å². The molecule has 0 unspecified atom stereocenters. The normalized spacial score (nSPS) is 37.3. The molecule has 212 valence electrons. The molecule has 1 fully saturated rings. The van der Waals surface area contributed by atoms with E-state index in [4.69, 9.17) is 14.2 Å². The Kier molecular flexibility index (Phi) is 9.20. The molecule has 2 bridgehead atoms. The number of phenolic OH excluding ortho intramolecular Hbond substituents is 1. The fourth-order valence-corrected chi connectivity index (χ4v) is 5.74. The molecule has 1 saturated heterocycles. The van der Waals surface area contributed by atoms with Crippen molar-refractivity contribution in [3.05, 3.63) is 70.9 Å². The van der Waals surface area contributed by atoms with Crippen LogP contribution in [0.25, 0.3) is 6.08 Å². The van der Waals surface area contributed by atoms with Crippen LogP contribution in [0.1, 0.15) is 81.8 Å². The third-order valence-electron chi connectivity index (χ3n) is 8.45. The molecule has 0 amide bonds. The first-order valence-corrected chi connectivity index (χ1v) is 14.3.